The average molecular weight is 471 g/mol. The minimum Gasteiger partial charge on any atom is -0.472 e. The van der Waals surface area contributed by atoms with E-state index >= 15 is 0 Å². The maximum absolute atomic E-state index is 14.2. The quantitative estimate of drug-likeness (QED) is 0.455. The Labute approximate surface area is 197 Å². The topological polar surface area (TPSA) is 105 Å². The molecule has 2 spiro atoms. The summed E-state index contributed by atoms with van der Waals surface area (Å²) in [5.74, 6) is -0.780. The summed E-state index contributed by atoms with van der Waals surface area (Å²) in [4.78, 5) is 39.7. The summed E-state index contributed by atoms with van der Waals surface area (Å²) in [6, 6.07) is 1.81. The van der Waals surface area contributed by atoms with Gasteiger partial charge >= 0.3 is 11.9 Å². The van der Waals surface area contributed by atoms with Crippen LogP contribution in [0.4, 0.5) is 0 Å². The molecule has 2 saturated carbocycles. The van der Waals surface area contributed by atoms with Crippen LogP contribution in [-0.4, -0.2) is 47.7 Å². The second kappa shape index (κ2) is 5.95. The first-order chi connectivity index (χ1) is 16.0. The summed E-state index contributed by atoms with van der Waals surface area (Å²) in [6.07, 6.45) is 3.46. The zero-order valence-corrected chi connectivity index (χ0v) is 19.9. The highest BCUT2D eigenvalue weighted by Crippen LogP contribution is 2.79. The lowest BCUT2D eigenvalue weighted by atomic mass is 9.37. The molecule has 0 bridgehead atoms. The van der Waals surface area contributed by atoms with Crippen molar-refractivity contribution in [1.82, 2.24) is 0 Å². The van der Waals surface area contributed by atoms with Crippen LogP contribution in [0.1, 0.15) is 65.0 Å². The standard InChI is InChI=1S/C26H30O8/c1-22(2)15-9-16(27)24(4)14(25(15)12-31-18(28)10-17(25)33-22)5-7-23(3)19(13-6-8-30-11-13)32-21(29)20-26(23,24)34-20/h6,8,11,14-15,17,19-20H,5,7,9-10,12H2,1-4H3/t14-,15+,17?,19+,20-,23+,24+,25-,26+/m1/s1. The third kappa shape index (κ3) is 2.02. The van der Waals surface area contributed by atoms with Crippen molar-refractivity contribution in [2.75, 3.05) is 6.61 Å². The molecule has 6 fully saturated rings. The molecule has 0 amide bonds. The predicted octanol–water partition coefficient (Wildman–Crippen LogP) is 3.14. The molecule has 2 aliphatic carbocycles. The van der Waals surface area contributed by atoms with E-state index in [9.17, 15) is 14.4 Å². The first kappa shape index (κ1) is 21.1. The van der Waals surface area contributed by atoms with Gasteiger partial charge in [0.15, 0.2) is 6.10 Å². The fourth-order valence-corrected chi connectivity index (χ4v) is 9.34. The van der Waals surface area contributed by atoms with E-state index < -0.39 is 45.6 Å². The Morgan fingerprint density at radius 2 is 1.76 bits per heavy atom. The normalized spacial score (nSPS) is 52.4. The van der Waals surface area contributed by atoms with Crippen LogP contribution in [0.3, 0.4) is 0 Å². The van der Waals surface area contributed by atoms with E-state index in [4.69, 9.17) is 23.4 Å². The number of ether oxygens (including phenoxy) is 4. The molecule has 0 N–H and O–H groups in total. The number of esters is 2. The third-order valence-corrected chi connectivity index (χ3v) is 10.7. The van der Waals surface area contributed by atoms with E-state index in [2.05, 4.69) is 6.92 Å². The smallest absolute Gasteiger partial charge is 0.339 e. The van der Waals surface area contributed by atoms with E-state index in [-0.39, 0.29) is 42.7 Å². The van der Waals surface area contributed by atoms with Crippen LogP contribution in [0.2, 0.25) is 0 Å². The molecule has 1 unspecified atom stereocenters. The van der Waals surface area contributed by atoms with Crippen molar-refractivity contribution >= 4 is 17.7 Å². The van der Waals surface area contributed by atoms with Crippen molar-refractivity contribution in [3.8, 4) is 0 Å². The Morgan fingerprint density at radius 3 is 2.50 bits per heavy atom. The highest BCUT2D eigenvalue weighted by Gasteiger charge is 2.89. The van der Waals surface area contributed by atoms with Crippen LogP contribution in [0.5, 0.6) is 0 Å². The number of epoxide rings is 1. The molecule has 7 rings (SSSR count). The van der Waals surface area contributed by atoms with Gasteiger partial charge in [0, 0.05) is 28.7 Å². The molecular weight excluding hydrogens is 440 g/mol. The Balaban J connectivity index is 1.41. The number of ketones is 1. The number of hydrogen-bond acceptors (Lipinski definition) is 8. The van der Waals surface area contributed by atoms with E-state index in [0.717, 1.165) is 12.0 Å². The number of cyclic esters (lactones) is 2. The van der Waals surface area contributed by atoms with Gasteiger partial charge in [0.2, 0.25) is 0 Å². The molecule has 182 valence electrons. The minimum atomic E-state index is -0.976. The Morgan fingerprint density at radius 1 is 0.971 bits per heavy atom. The number of furan rings is 1. The monoisotopic (exact) mass is 470 g/mol. The van der Waals surface area contributed by atoms with Gasteiger partial charge in [-0.3, -0.25) is 9.59 Å². The van der Waals surface area contributed by atoms with Crippen LogP contribution >= 0.6 is 0 Å². The fourth-order valence-electron chi connectivity index (χ4n) is 9.34. The highest BCUT2D eigenvalue weighted by atomic mass is 16.7. The summed E-state index contributed by atoms with van der Waals surface area (Å²) in [5.41, 5.74) is -2.78. The molecule has 6 aliphatic rings. The van der Waals surface area contributed by atoms with Crippen molar-refractivity contribution in [2.24, 2.45) is 28.1 Å². The Bertz CT molecular complexity index is 1120. The number of Topliss-reactive ketones (excluding diaryl/α,β-unsaturated/α-hetero) is 1. The molecule has 4 saturated heterocycles. The first-order valence-corrected chi connectivity index (χ1v) is 12.3. The molecule has 34 heavy (non-hydrogen) atoms. The maximum Gasteiger partial charge on any atom is 0.339 e. The van der Waals surface area contributed by atoms with Gasteiger partial charge in [-0.1, -0.05) is 6.92 Å². The number of fused-ring (bicyclic) bond motifs is 1. The molecule has 1 aromatic heterocycles. The van der Waals surface area contributed by atoms with Gasteiger partial charge in [-0.05, 0) is 45.6 Å². The zero-order chi connectivity index (χ0) is 23.9. The van der Waals surface area contributed by atoms with Gasteiger partial charge in [0.1, 0.15) is 24.1 Å². The number of carbonyl (C=O) groups is 3. The lowest BCUT2D eigenvalue weighted by molar-refractivity contribution is -0.225. The molecule has 9 atom stereocenters. The second-order valence-electron chi connectivity index (χ2n) is 12.2. The molecule has 8 heteroatoms. The molecule has 8 nitrogen and oxygen atoms in total. The van der Waals surface area contributed by atoms with Gasteiger partial charge in [-0.2, -0.15) is 0 Å². The highest BCUT2D eigenvalue weighted by molar-refractivity contribution is 5.93. The average Bonchev–Trinajstić information content (AvgIpc) is 3.26. The van der Waals surface area contributed by atoms with Crippen LogP contribution in [0, 0.1) is 28.1 Å². The largest absolute Gasteiger partial charge is 0.472 e. The summed E-state index contributed by atoms with van der Waals surface area (Å²) in [5, 5.41) is 0. The fraction of sp³-hybridized carbons (Fsp3) is 0.731. The minimum absolute atomic E-state index is 0.0677. The summed E-state index contributed by atoms with van der Waals surface area (Å²) in [7, 11) is 0. The molecule has 0 aromatic carbocycles. The number of rotatable bonds is 1. The molecule has 1 aromatic rings. The van der Waals surface area contributed by atoms with Crippen molar-refractivity contribution < 1.29 is 37.7 Å². The van der Waals surface area contributed by atoms with Gasteiger partial charge in [0.05, 0.1) is 36.1 Å². The number of hydrogen-bond donors (Lipinski definition) is 0. The van der Waals surface area contributed by atoms with Gasteiger partial charge in [-0.15, -0.1) is 0 Å². The van der Waals surface area contributed by atoms with E-state index in [1.165, 1.54) is 0 Å². The van der Waals surface area contributed by atoms with Crippen LogP contribution in [0.25, 0.3) is 0 Å². The van der Waals surface area contributed by atoms with E-state index in [1.807, 2.05) is 26.8 Å². The van der Waals surface area contributed by atoms with Crippen molar-refractivity contribution in [3.05, 3.63) is 24.2 Å². The van der Waals surface area contributed by atoms with Gasteiger partial charge in [0.25, 0.3) is 0 Å². The molecule has 5 heterocycles. The lowest BCUT2D eigenvalue weighted by Crippen LogP contribution is -2.72. The van der Waals surface area contributed by atoms with Crippen LogP contribution < -0.4 is 0 Å². The van der Waals surface area contributed by atoms with Crippen molar-refractivity contribution in [2.45, 2.75) is 82.9 Å². The summed E-state index contributed by atoms with van der Waals surface area (Å²) >= 11 is 0. The molecule has 0 radical (unpaired) electrons. The van der Waals surface area contributed by atoms with E-state index in [1.54, 1.807) is 12.5 Å². The first-order valence-electron chi connectivity index (χ1n) is 12.3. The zero-order valence-electron chi connectivity index (χ0n) is 19.9. The van der Waals surface area contributed by atoms with Crippen LogP contribution in [0.15, 0.2) is 23.0 Å². The van der Waals surface area contributed by atoms with Crippen LogP contribution in [-0.2, 0) is 33.3 Å². The predicted molar refractivity (Wildman–Crippen MR) is 114 cm³/mol. The summed E-state index contributed by atoms with van der Waals surface area (Å²) < 4.78 is 29.8. The van der Waals surface area contributed by atoms with Crippen molar-refractivity contribution in [3.63, 3.8) is 0 Å². The van der Waals surface area contributed by atoms with E-state index in [0.29, 0.717) is 12.8 Å². The SMILES string of the molecule is CC1(C)OC2CC(=O)OC[C@@]23[C@H]1CC(=O)[C@]1(C)[C@H]3CC[C@@]2(C)[C@H](c3ccoc3)OC(=O)[C@H]3O[C@@]321. The van der Waals surface area contributed by atoms with Gasteiger partial charge < -0.3 is 23.4 Å². The van der Waals surface area contributed by atoms with Gasteiger partial charge in [-0.25, -0.2) is 4.79 Å². The Kier molecular flexibility index (Phi) is 3.70. The molecule has 4 aliphatic heterocycles. The Hall–Kier alpha value is -2.19. The second-order valence-corrected chi connectivity index (χ2v) is 12.2. The van der Waals surface area contributed by atoms with Crippen molar-refractivity contribution in [1.29, 1.82) is 0 Å². The summed E-state index contributed by atoms with van der Waals surface area (Å²) in [6.45, 7) is 8.36. The molecular formula is C26H30O8. The lowest BCUT2D eigenvalue weighted by Gasteiger charge is -2.65. The maximum atomic E-state index is 14.2. The third-order valence-electron chi connectivity index (χ3n) is 10.7. The number of carbonyl (C=O) groups excluding carboxylic acids is 3.